The lowest BCUT2D eigenvalue weighted by Crippen LogP contribution is -2.57. The van der Waals surface area contributed by atoms with E-state index in [1.54, 1.807) is 0 Å². The number of halogens is 1. The Bertz CT molecular complexity index is 462. The second-order valence-electron chi connectivity index (χ2n) is 5.56. The van der Waals surface area contributed by atoms with Crippen LogP contribution in [0.3, 0.4) is 0 Å². The van der Waals surface area contributed by atoms with Gasteiger partial charge in [-0.25, -0.2) is 0 Å². The van der Waals surface area contributed by atoms with Crippen LogP contribution in [-0.2, 0) is 15.3 Å². The van der Waals surface area contributed by atoms with Gasteiger partial charge in [-0.2, -0.15) is 11.8 Å². The van der Waals surface area contributed by atoms with E-state index >= 15 is 0 Å². The van der Waals surface area contributed by atoms with Crippen molar-refractivity contribution in [1.82, 2.24) is 5.32 Å². The zero-order valence-electron chi connectivity index (χ0n) is 13.0. The highest BCUT2D eigenvalue weighted by Gasteiger charge is 2.35. The summed E-state index contributed by atoms with van der Waals surface area (Å²) >= 11 is 1.82. The number of nitrogens with one attached hydrogen (secondary N) is 1. The molecule has 0 radical (unpaired) electrons. The molecule has 3 N–H and O–H groups in total. The highest BCUT2D eigenvalue weighted by molar-refractivity contribution is 7.98. The highest BCUT2D eigenvalue weighted by atomic mass is 35.5. The van der Waals surface area contributed by atoms with Gasteiger partial charge in [-0.3, -0.25) is 4.79 Å². The van der Waals surface area contributed by atoms with Gasteiger partial charge in [0, 0.05) is 31.3 Å². The lowest BCUT2D eigenvalue weighted by Gasteiger charge is -2.31. The molecule has 0 bridgehead atoms. The molecular weight excluding hydrogens is 320 g/mol. The van der Waals surface area contributed by atoms with Gasteiger partial charge in [0.05, 0.1) is 5.54 Å². The number of carbonyl (C=O) groups excluding carboxylic acids is 1. The number of ether oxygens (including phenoxy) is 1. The highest BCUT2D eigenvalue weighted by Crippen LogP contribution is 2.18. The first kappa shape index (κ1) is 19.3. The van der Waals surface area contributed by atoms with Crippen LogP contribution in [0.5, 0.6) is 0 Å². The van der Waals surface area contributed by atoms with Crippen LogP contribution in [-0.4, -0.2) is 37.0 Å². The Hall–Kier alpha value is -0.750. The molecule has 124 valence electrons. The van der Waals surface area contributed by atoms with E-state index in [1.165, 1.54) is 11.1 Å². The second kappa shape index (κ2) is 9.40. The maximum atomic E-state index is 12.1. The number of aryl methyl sites for hydroxylation is 1. The van der Waals surface area contributed by atoms with Crippen LogP contribution < -0.4 is 11.1 Å². The molecule has 0 aliphatic carbocycles. The van der Waals surface area contributed by atoms with Crippen LogP contribution in [0.25, 0.3) is 0 Å². The van der Waals surface area contributed by atoms with Crippen LogP contribution in [0.4, 0.5) is 0 Å². The summed E-state index contributed by atoms with van der Waals surface area (Å²) in [6.07, 6.45) is 1.21. The summed E-state index contributed by atoms with van der Waals surface area (Å²) in [7, 11) is 0. The number of hydrogen-bond acceptors (Lipinski definition) is 4. The quantitative estimate of drug-likeness (QED) is 0.777. The molecule has 1 aliphatic heterocycles. The Balaban J connectivity index is 0.00000242. The molecule has 22 heavy (non-hydrogen) atoms. The predicted octanol–water partition coefficient (Wildman–Crippen LogP) is 2.27. The molecule has 0 unspecified atom stereocenters. The first-order chi connectivity index (χ1) is 10.1. The minimum atomic E-state index is -0.736. The van der Waals surface area contributed by atoms with Crippen molar-refractivity contribution < 1.29 is 9.53 Å². The van der Waals surface area contributed by atoms with Crippen molar-refractivity contribution in [2.45, 2.75) is 31.1 Å². The molecule has 2 rings (SSSR count). The summed E-state index contributed by atoms with van der Waals surface area (Å²) in [5, 5.41) is 2.95. The third-order valence-electron chi connectivity index (χ3n) is 3.76. The van der Waals surface area contributed by atoms with E-state index in [2.05, 4.69) is 36.5 Å². The van der Waals surface area contributed by atoms with Gasteiger partial charge in [0.15, 0.2) is 0 Å². The van der Waals surface area contributed by atoms with Gasteiger partial charge in [-0.1, -0.05) is 29.8 Å². The van der Waals surface area contributed by atoms with Gasteiger partial charge in [0.1, 0.15) is 0 Å². The van der Waals surface area contributed by atoms with Gasteiger partial charge >= 0.3 is 0 Å². The van der Waals surface area contributed by atoms with Crippen molar-refractivity contribution in [1.29, 1.82) is 0 Å². The average molecular weight is 345 g/mol. The molecule has 1 saturated heterocycles. The standard InChI is InChI=1S/C16H24N2O2S.ClH/c1-13-2-4-14(5-3-13)12-21-11-8-18-15(19)16(17)6-9-20-10-7-16;/h2-5H,6-12,17H2,1H3,(H,18,19);1H. The molecular formula is C16H25ClN2O2S. The van der Waals surface area contributed by atoms with Crippen LogP contribution in [0, 0.1) is 6.92 Å². The summed E-state index contributed by atoms with van der Waals surface area (Å²) < 4.78 is 5.25. The molecule has 1 aromatic rings. The Kier molecular flexibility index (Phi) is 8.25. The molecule has 0 atom stereocenters. The number of hydrogen-bond donors (Lipinski definition) is 2. The van der Waals surface area contributed by atoms with Gasteiger partial charge in [-0.15, -0.1) is 12.4 Å². The smallest absolute Gasteiger partial charge is 0.240 e. The fourth-order valence-corrected chi connectivity index (χ4v) is 3.07. The minimum Gasteiger partial charge on any atom is -0.381 e. The van der Waals surface area contributed by atoms with E-state index in [0.29, 0.717) is 32.6 Å². The van der Waals surface area contributed by atoms with Gasteiger partial charge in [0.25, 0.3) is 0 Å². The lowest BCUT2D eigenvalue weighted by molar-refractivity contribution is -0.129. The van der Waals surface area contributed by atoms with Crippen LogP contribution >= 0.6 is 24.2 Å². The van der Waals surface area contributed by atoms with E-state index in [9.17, 15) is 4.79 Å². The molecule has 1 heterocycles. The van der Waals surface area contributed by atoms with E-state index in [4.69, 9.17) is 10.5 Å². The largest absolute Gasteiger partial charge is 0.381 e. The molecule has 0 saturated carbocycles. The fourth-order valence-electron chi connectivity index (χ4n) is 2.25. The molecule has 0 spiro atoms. The third-order valence-corrected chi connectivity index (χ3v) is 4.79. The monoisotopic (exact) mass is 344 g/mol. The fraction of sp³-hybridized carbons (Fsp3) is 0.562. The number of rotatable bonds is 6. The Labute approximate surface area is 143 Å². The Morgan fingerprint density at radius 3 is 2.59 bits per heavy atom. The minimum absolute atomic E-state index is 0. The second-order valence-corrected chi connectivity index (χ2v) is 6.67. The molecule has 0 aromatic heterocycles. The lowest BCUT2D eigenvalue weighted by atomic mass is 9.90. The van der Waals surface area contributed by atoms with Crippen LogP contribution in [0.2, 0.25) is 0 Å². The normalized spacial score (nSPS) is 16.6. The molecule has 1 fully saturated rings. The summed E-state index contributed by atoms with van der Waals surface area (Å²) in [5.41, 5.74) is 7.98. The predicted molar refractivity (Wildman–Crippen MR) is 94.6 cm³/mol. The Morgan fingerprint density at radius 1 is 1.32 bits per heavy atom. The third kappa shape index (κ3) is 5.80. The number of carbonyl (C=O) groups is 1. The summed E-state index contributed by atoms with van der Waals surface area (Å²) in [5.74, 6) is 1.82. The molecule has 1 aromatic carbocycles. The molecule has 6 heteroatoms. The summed E-state index contributed by atoms with van der Waals surface area (Å²) in [6, 6.07) is 8.55. The molecule has 1 aliphatic rings. The van der Waals surface area contributed by atoms with Crippen LogP contribution in [0.1, 0.15) is 24.0 Å². The average Bonchev–Trinajstić information content (AvgIpc) is 2.49. The summed E-state index contributed by atoms with van der Waals surface area (Å²) in [6.45, 7) is 3.90. The zero-order valence-corrected chi connectivity index (χ0v) is 14.6. The van der Waals surface area contributed by atoms with Crippen LogP contribution in [0.15, 0.2) is 24.3 Å². The van der Waals surface area contributed by atoms with Crippen molar-refractivity contribution in [3.63, 3.8) is 0 Å². The SMILES string of the molecule is Cc1ccc(CSCCNC(=O)C2(N)CCOCC2)cc1.Cl. The van der Waals surface area contributed by atoms with E-state index < -0.39 is 5.54 Å². The first-order valence-electron chi connectivity index (χ1n) is 7.38. The van der Waals surface area contributed by atoms with Crippen molar-refractivity contribution >= 4 is 30.1 Å². The van der Waals surface area contributed by atoms with Crippen molar-refractivity contribution in [2.24, 2.45) is 5.73 Å². The Morgan fingerprint density at radius 2 is 1.95 bits per heavy atom. The molecule has 1 amide bonds. The first-order valence-corrected chi connectivity index (χ1v) is 8.54. The number of nitrogens with two attached hydrogens (primary N) is 1. The van der Waals surface area contributed by atoms with Crippen molar-refractivity contribution in [2.75, 3.05) is 25.5 Å². The topological polar surface area (TPSA) is 64.4 Å². The zero-order chi connectivity index (χ0) is 15.1. The van der Waals surface area contributed by atoms with E-state index in [1.807, 2.05) is 11.8 Å². The van der Waals surface area contributed by atoms with Crippen molar-refractivity contribution in [3.8, 4) is 0 Å². The molecule has 4 nitrogen and oxygen atoms in total. The maximum Gasteiger partial charge on any atom is 0.240 e. The number of amides is 1. The van der Waals surface area contributed by atoms with Crippen molar-refractivity contribution in [3.05, 3.63) is 35.4 Å². The van der Waals surface area contributed by atoms with Gasteiger partial charge in [0.2, 0.25) is 5.91 Å². The van der Waals surface area contributed by atoms with E-state index in [0.717, 1.165) is 11.5 Å². The number of thioether (sulfide) groups is 1. The van der Waals surface area contributed by atoms with Gasteiger partial charge in [-0.05, 0) is 25.3 Å². The van der Waals surface area contributed by atoms with E-state index in [-0.39, 0.29) is 18.3 Å². The van der Waals surface area contributed by atoms with Gasteiger partial charge < -0.3 is 15.8 Å². The summed E-state index contributed by atoms with van der Waals surface area (Å²) in [4.78, 5) is 12.1. The maximum absolute atomic E-state index is 12.1. The number of benzene rings is 1.